The van der Waals surface area contributed by atoms with Gasteiger partial charge in [-0.05, 0) is 0 Å². The number of hydroxylamine groups is 2. The van der Waals surface area contributed by atoms with Crippen molar-refractivity contribution in [1.29, 1.82) is 0 Å². The highest BCUT2D eigenvalue weighted by Crippen LogP contribution is 1.63. The van der Waals surface area contributed by atoms with E-state index in [0.29, 0.717) is 13.1 Å². The van der Waals surface area contributed by atoms with Crippen LogP contribution in [0.4, 0.5) is 0 Å². The van der Waals surface area contributed by atoms with Crippen LogP contribution in [-0.4, -0.2) is 30.4 Å². The fourth-order valence-electron chi connectivity index (χ4n) is 0.187. The lowest BCUT2D eigenvalue weighted by Crippen LogP contribution is -2.21. The van der Waals surface area contributed by atoms with Gasteiger partial charge in [0, 0.05) is 20.1 Å². The van der Waals surface area contributed by atoms with Crippen molar-refractivity contribution in [2.45, 2.75) is 0 Å². The molecule has 0 rings (SSSR count). The maximum absolute atomic E-state index is 8.31. The predicted octanol–water partition coefficient (Wildman–Crippen LogP) is -0.734. The molecule has 0 aromatic rings. The highest BCUT2D eigenvalue weighted by atomic mass is 16.5. The van der Waals surface area contributed by atoms with Crippen LogP contribution in [0.1, 0.15) is 0 Å². The summed E-state index contributed by atoms with van der Waals surface area (Å²) in [7, 11) is 1.56. The molecule has 38 valence electrons. The maximum atomic E-state index is 8.31. The van der Waals surface area contributed by atoms with Crippen LogP contribution in [-0.2, 0) is 0 Å². The first-order valence-corrected chi connectivity index (χ1v) is 1.87. The van der Waals surface area contributed by atoms with E-state index in [2.05, 4.69) is 0 Å². The lowest BCUT2D eigenvalue weighted by Gasteiger charge is -2.01. The van der Waals surface area contributed by atoms with Crippen LogP contribution in [0.5, 0.6) is 0 Å². The molecule has 0 saturated carbocycles. The van der Waals surface area contributed by atoms with E-state index in [1.165, 1.54) is 0 Å². The maximum Gasteiger partial charge on any atom is 0.0357 e. The topological polar surface area (TPSA) is 49.5 Å². The lowest BCUT2D eigenvalue weighted by atomic mass is 10.7. The summed E-state index contributed by atoms with van der Waals surface area (Å²) < 4.78 is 0. The smallest absolute Gasteiger partial charge is 0.0357 e. The number of likely N-dealkylation sites (N-methyl/N-ethyl adjacent to an activating group) is 1. The van der Waals surface area contributed by atoms with E-state index in [1.807, 2.05) is 0 Å². The molecule has 3 nitrogen and oxygen atoms in total. The fourth-order valence-corrected chi connectivity index (χ4v) is 0.187. The third kappa shape index (κ3) is 3.88. The summed E-state index contributed by atoms with van der Waals surface area (Å²) >= 11 is 0. The van der Waals surface area contributed by atoms with Gasteiger partial charge in [0.05, 0.1) is 0 Å². The van der Waals surface area contributed by atoms with Crippen LogP contribution in [0.25, 0.3) is 0 Å². The number of rotatable bonds is 2. The molecule has 3 heteroatoms. The van der Waals surface area contributed by atoms with Crippen LogP contribution in [0.15, 0.2) is 0 Å². The molecule has 0 radical (unpaired) electrons. The summed E-state index contributed by atoms with van der Waals surface area (Å²) in [5, 5.41) is 9.36. The van der Waals surface area contributed by atoms with Crippen molar-refractivity contribution in [3.63, 3.8) is 0 Å². The van der Waals surface area contributed by atoms with E-state index < -0.39 is 0 Å². The standard InChI is InChI=1S/C3H10N2O/c1-5(6)3-2-4/h6H,2-4H2,1H3. The second-order valence-corrected chi connectivity index (χ2v) is 1.17. The van der Waals surface area contributed by atoms with E-state index in [4.69, 9.17) is 10.9 Å². The summed E-state index contributed by atoms with van der Waals surface area (Å²) in [6, 6.07) is 0. The zero-order valence-corrected chi connectivity index (χ0v) is 3.89. The first-order chi connectivity index (χ1) is 2.77. The Morgan fingerprint density at radius 1 is 1.83 bits per heavy atom. The quantitative estimate of drug-likeness (QED) is 0.439. The zero-order chi connectivity index (χ0) is 4.99. The Balaban J connectivity index is 2.63. The Morgan fingerprint density at radius 2 is 2.33 bits per heavy atom. The zero-order valence-electron chi connectivity index (χ0n) is 3.89. The molecule has 0 atom stereocenters. The Hall–Kier alpha value is -0.120. The summed E-state index contributed by atoms with van der Waals surface area (Å²) in [6.07, 6.45) is 0. The SMILES string of the molecule is CN(O)CCN. The Kier molecular flexibility index (Phi) is 3.02. The molecule has 0 unspecified atom stereocenters. The summed E-state index contributed by atoms with van der Waals surface area (Å²) in [5.41, 5.74) is 5.03. The normalized spacial score (nSPS) is 10.0. The van der Waals surface area contributed by atoms with E-state index in [9.17, 15) is 0 Å². The van der Waals surface area contributed by atoms with Crippen LogP contribution in [0.3, 0.4) is 0 Å². The van der Waals surface area contributed by atoms with Crippen molar-refractivity contribution in [1.82, 2.24) is 5.06 Å². The average molecular weight is 90.1 g/mol. The molecule has 6 heavy (non-hydrogen) atoms. The molecular formula is C3H10N2O. The van der Waals surface area contributed by atoms with Gasteiger partial charge in [-0.15, -0.1) is 0 Å². The Bertz CT molecular complexity index is 30.0. The van der Waals surface area contributed by atoms with Crippen molar-refractivity contribution >= 4 is 0 Å². The van der Waals surface area contributed by atoms with Gasteiger partial charge in [0.1, 0.15) is 0 Å². The highest BCUT2D eigenvalue weighted by molar-refractivity contribution is 4.32. The van der Waals surface area contributed by atoms with Crippen LogP contribution >= 0.6 is 0 Å². The third-order valence-electron chi connectivity index (χ3n) is 0.453. The van der Waals surface area contributed by atoms with E-state index >= 15 is 0 Å². The monoisotopic (exact) mass is 90.1 g/mol. The molecule has 0 saturated heterocycles. The van der Waals surface area contributed by atoms with Gasteiger partial charge in [0.25, 0.3) is 0 Å². The highest BCUT2D eigenvalue weighted by Gasteiger charge is 1.81. The van der Waals surface area contributed by atoms with Crippen molar-refractivity contribution in [3.05, 3.63) is 0 Å². The minimum absolute atomic E-state index is 0.507. The van der Waals surface area contributed by atoms with E-state index in [0.717, 1.165) is 5.06 Å². The molecule has 0 bridgehead atoms. The van der Waals surface area contributed by atoms with Crippen LogP contribution in [0, 0.1) is 0 Å². The van der Waals surface area contributed by atoms with Crippen molar-refractivity contribution in [2.75, 3.05) is 20.1 Å². The molecule has 0 heterocycles. The van der Waals surface area contributed by atoms with Crippen molar-refractivity contribution in [2.24, 2.45) is 5.73 Å². The molecule has 3 N–H and O–H groups in total. The van der Waals surface area contributed by atoms with Gasteiger partial charge in [-0.2, -0.15) is 5.06 Å². The van der Waals surface area contributed by atoms with Gasteiger partial charge < -0.3 is 10.9 Å². The average Bonchev–Trinajstić information content (AvgIpc) is 1.35. The number of nitrogens with zero attached hydrogens (tertiary/aromatic N) is 1. The van der Waals surface area contributed by atoms with Crippen molar-refractivity contribution in [3.8, 4) is 0 Å². The second kappa shape index (κ2) is 3.08. The Labute approximate surface area is 37.3 Å². The molecule has 0 aliphatic carbocycles. The van der Waals surface area contributed by atoms with Gasteiger partial charge in [-0.3, -0.25) is 0 Å². The molecule has 0 aromatic heterocycles. The first-order valence-electron chi connectivity index (χ1n) is 1.87. The number of hydrogen-bond acceptors (Lipinski definition) is 3. The van der Waals surface area contributed by atoms with Crippen LogP contribution in [0.2, 0.25) is 0 Å². The molecule has 0 aliphatic rings. The van der Waals surface area contributed by atoms with E-state index in [1.54, 1.807) is 7.05 Å². The van der Waals surface area contributed by atoms with Crippen molar-refractivity contribution < 1.29 is 5.21 Å². The largest absolute Gasteiger partial charge is 0.329 e. The van der Waals surface area contributed by atoms with E-state index in [-0.39, 0.29) is 0 Å². The summed E-state index contributed by atoms with van der Waals surface area (Å²) in [6.45, 7) is 1.05. The van der Waals surface area contributed by atoms with Gasteiger partial charge in [-0.1, -0.05) is 0 Å². The first kappa shape index (κ1) is 5.88. The molecule has 0 aromatic carbocycles. The van der Waals surface area contributed by atoms with Gasteiger partial charge >= 0.3 is 0 Å². The van der Waals surface area contributed by atoms with Gasteiger partial charge in [-0.25, -0.2) is 0 Å². The minimum Gasteiger partial charge on any atom is -0.329 e. The Morgan fingerprint density at radius 3 is 2.33 bits per heavy atom. The van der Waals surface area contributed by atoms with Crippen LogP contribution < -0.4 is 5.73 Å². The molecule has 0 amide bonds. The third-order valence-corrected chi connectivity index (χ3v) is 0.453. The molecule has 0 aliphatic heterocycles. The molecular weight excluding hydrogens is 80.0 g/mol. The number of nitrogens with two attached hydrogens (primary N) is 1. The fraction of sp³-hybridized carbons (Fsp3) is 1.00. The van der Waals surface area contributed by atoms with Gasteiger partial charge in [0.15, 0.2) is 0 Å². The minimum atomic E-state index is 0.507. The molecule has 0 fully saturated rings. The lowest BCUT2D eigenvalue weighted by molar-refractivity contribution is -0.0615. The summed E-state index contributed by atoms with van der Waals surface area (Å²) in [5.74, 6) is 0. The number of hydrogen-bond donors (Lipinski definition) is 2. The van der Waals surface area contributed by atoms with Gasteiger partial charge in [0.2, 0.25) is 0 Å². The summed E-state index contributed by atoms with van der Waals surface area (Å²) in [4.78, 5) is 0. The second-order valence-electron chi connectivity index (χ2n) is 1.17. The predicted molar refractivity (Wildman–Crippen MR) is 23.5 cm³/mol. The molecule has 0 spiro atoms.